The van der Waals surface area contributed by atoms with Gasteiger partial charge in [0.1, 0.15) is 0 Å². The molecule has 0 bridgehead atoms. The van der Waals surface area contributed by atoms with E-state index in [-0.39, 0.29) is 0 Å². The summed E-state index contributed by atoms with van der Waals surface area (Å²) >= 11 is 0. The van der Waals surface area contributed by atoms with Crippen LogP contribution >= 0.6 is 0 Å². The first-order valence-electron chi connectivity index (χ1n) is 9.10. The third-order valence-corrected chi connectivity index (χ3v) is 5.35. The molecule has 21 heavy (non-hydrogen) atoms. The summed E-state index contributed by atoms with van der Waals surface area (Å²) in [4.78, 5) is 2.66. The number of rotatable bonds is 5. The molecule has 0 spiro atoms. The quantitative estimate of drug-likeness (QED) is 0.842. The number of ether oxygens (including phenoxy) is 1. The Hall–Kier alpha value is -0.120. The molecule has 2 aliphatic rings. The van der Waals surface area contributed by atoms with Crippen LogP contribution in [-0.2, 0) is 4.74 Å². The predicted octanol–water partition coefficient (Wildman–Crippen LogP) is 3.29. The van der Waals surface area contributed by atoms with E-state index in [1.807, 2.05) is 0 Å². The van der Waals surface area contributed by atoms with E-state index in [9.17, 15) is 0 Å². The Morgan fingerprint density at radius 1 is 1.29 bits per heavy atom. The summed E-state index contributed by atoms with van der Waals surface area (Å²) < 4.78 is 5.80. The highest BCUT2D eigenvalue weighted by Crippen LogP contribution is 2.39. The molecule has 1 aliphatic heterocycles. The standard InChI is InChI=1S/C18H36N2O/c1-5-10-19-17-16(8-6-9-18(17,3)4)14-20-11-7-12-21-15(2)13-20/h15-17,19H,5-14H2,1-4H3. The van der Waals surface area contributed by atoms with Gasteiger partial charge in [-0.3, -0.25) is 0 Å². The van der Waals surface area contributed by atoms with E-state index in [1.165, 1.54) is 45.2 Å². The molecule has 1 aliphatic carbocycles. The summed E-state index contributed by atoms with van der Waals surface area (Å²) in [5.41, 5.74) is 0.437. The summed E-state index contributed by atoms with van der Waals surface area (Å²) in [6.45, 7) is 15.1. The Morgan fingerprint density at radius 3 is 2.86 bits per heavy atom. The molecule has 1 saturated heterocycles. The van der Waals surface area contributed by atoms with Crippen molar-refractivity contribution in [3.05, 3.63) is 0 Å². The van der Waals surface area contributed by atoms with Crippen LogP contribution in [0.15, 0.2) is 0 Å². The minimum absolute atomic E-state index is 0.395. The highest BCUT2D eigenvalue weighted by atomic mass is 16.5. The van der Waals surface area contributed by atoms with Gasteiger partial charge in [-0.1, -0.05) is 27.2 Å². The number of hydrogen-bond acceptors (Lipinski definition) is 3. The van der Waals surface area contributed by atoms with Crippen molar-refractivity contribution in [1.29, 1.82) is 0 Å². The Kier molecular flexibility index (Phi) is 6.51. The van der Waals surface area contributed by atoms with Gasteiger partial charge in [0, 0.05) is 32.3 Å². The van der Waals surface area contributed by atoms with E-state index in [1.54, 1.807) is 0 Å². The van der Waals surface area contributed by atoms with E-state index in [0.717, 1.165) is 25.6 Å². The highest BCUT2D eigenvalue weighted by molar-refractivity contribution is 4.94. The van der Waals surface area contributed by atoms with E-state index in [2.05, 4.69) is 37.9 Å². The molecule has 0 radical (unpaired) electrons. The second kappa shape index (κ2) is 7.94. The Balaban J connectivity index is 1.97. The van der Waals surface area contributed by atoms with Gasteiger partial charge in [-0.25, -0.2) is 0 Å². The van der Waals surface area contributed by atoms with Crippen LogP contribution in [0, 0.1) is 11.3 Å². The SMILES string of the molecule is CCCNC1C(CN2CCCOC(C)C2)CCCC1(C)C. The molecule has 124 valence electrons. The van der Waals surface area contributed by atoms with Crippen LogP contribution in [0.4, 0.5) is 0 Å². The van der Waals surface area contributed by atoms with Crippen LogP contribution in [0.25, 0.3) is 0 Å². The third-order valence-electron chi connectivity index (χ3n) is 5.35. The van der Waals surface area contributed by atoms with Gasteiger partial charge in [-0.2, -0.15) is 0 Å². The molecule has 0 aromatic heterocycles. The van der Waals surface area contributed by atoms with Crippen LogP contribution in [-0.4, -0.2) is 49.8 Å². The van der Waals surface area contributed by atoms with Crippen molar-refractivity contribution >= 4 is 0 Å². The smallest absolute Gasteiger partial charge is 0.0673 e. The van der Waals surface area contributed by atoms with Gasteiger partial charge in [0.25, 0.3) is 0 Å². The average Bonchev–Trinajstić information content (AvgIpc) is 2.62. The van der Waals surface area contributed by atoms with Crippen molar-refractivity contribution in [1.82, 2.24) is 10.2 Å². The summed E-state index contributed by atoms with van der Waals surface area (Å²) in [5, 5.41) is 3.87. The molecule has 2 fully saturated rings. The molecule has 1 N–H and O–H groups in total. The number of nitrogens with zero attached hydrogens (tertiary/aromatic N) is 1. The predicted molar refractivity (Wildman–Crippen MR) is 89.7 cm³/mol. The van der Waals surface area contributed by atoms with Gasteiger partial charge in [-0.05, 0) is 50.5 Å². The van der Waals surface area contributed by atoms with E-state index in [0.29, 0.717) is 17.6 Å². The van der Waals surface area contributed by atoms with Crippen LogP contribution in [0.2, 0.25) is 0 Å². The molecule has 0 aromatic rings. The maximum atomic E-state index is 5.80. The fourth-order valence-electron chi connectivity index (χ4n) is 4.30. The van der Waals surface area contributed by atoms with Crippen LogP contribution in [0.1, 0.15) is 59.8 Å². The monoisotopic (exact) mass is 296 g/mol. The fourth-order valence-corrected chi connectivity index (χ4v) is 4.30. The minimum Gasteiger partial charge on any atom is -0.377 e. The van der Waals surface area contributed by atoms with Gasteiger partial charge in [0.15, 0.2) is 0 Å². The molecule has 3 atom stereocenters. The van der Waals surface area contributed by atoms with Crippen LogP contribution in [0.3, 0.4) is 0 Å². The fraction of sp³-hybridized carbons (Fsp3) is 1.00. The van der Waals surface area contributed by atoms with Gasteiger partial charge < -0.3 is 15.0 Å². The van der Waals surface area contributed by atoms with E-state index in [4.69, 9.17) is 4.74 Å². The number of nitrogens with one attached hydrogen (secondary N) is 1. The Labute approximate surface area is 131 Å². The van der Waals surface area contributed by atoms with Crippen molar-refractivity contribution in [2.24, 2.45) is 11.3 Å². The second-order valence-corrected chi connectivity index (χ2v) is 7.87. The lowest BCUT2D eigenvalue weighted by Gasteiger charge is -2.46. The number of hydrogen-bond donors (Lipinski definition) is 1. The average molecular weight is 296 g/mol. The second-order valence-electron chi connectivity index (χ2n) is 7.87. The molecule has 3 nitrogen and oxygen atoms in total. The summed E-state index contributed by atoms with van der Waals surface area (Å²) in [6, 6.07) is 0.672. The molecular weight excluding hydrogens is 260 g/mol. The first-order chi connectivity index (χ1) is 10.0. The van der Waals surface area contributed by atoms with Gasteiger partial charge in [0.05, 0.1) is 6.10 Å². The van der Waals surface area contributed by atoms with Crippen LogP contribution < -0.4 is 5.32 Å². The van der Waals surface area contributed by atoms with Crippen LogP contribution in [0.5, 0.6) is 0 Å². The van der Waals surface area contributed by atoms with Gasteiger partial charge in [0.2, 0.25) is 0 Å². The van der Waals surface area contributed by atoms with Gasteiger partial charge in [-0.15, -0.1) is 0 Å². The zero-order valence-corrected chi connectivity index (χ0v) is 14.7. The molecule has 0 amide bonds. The highest BCUT2D eigenvalue weighted by Gasteiger charge is 2.39. The van der Waals surface area contributed by atoms with Crippen molar-refractivity contribution in [2.45, 2.75) is 71.9 Å². The maximum absolute atomic E-state index is 5.80. The van der Waals surface area contributed by atoms with Gasteiger partial charge >= 0.3 is 0 Å². The summed E-state index contributed by atoms with van der Waals surface area (Å²) in [7, 11) is 0. The van der Waals surface area contributed by atoms with E-state index < -0.39 is 0 Å². The summed E-state index contributed by atoms with van der Waals surface area (Å²) in [5.74, 6) is 0.797. The lowest BCUT2D eigenvalue weighted by Crippen LogP contribution is -2.53. The summed E-state index contributed by atoms with van der Waals surface area (Å²) in [6.07, 6.45) is 6.95. The Morgan fingerprint density at radius 2 is 2.10 bits per heavy atom. The topological polar surface area (TPSA) is 24.5 Å². The van der Waals surface area contributed by atoms with Crippen molar-refractivity contribution in [3.63, 3.8) is 0 Å². The van der Waals surface area contributed by atoms with Crippen molar-refractivity contribution in [3.8, 4) is 0 Å². The lowest BCUT2D eigenvalue weighted by molar-refractivity contribution is 0.0509. The molecule has 3 heteroatoms. The third kappa shape index (κ3) is 4.94. The lowest BCUT2D eigenvalue weighted by atomic mass is 9.67. The largest absolute Gasteiger partial charge is 0.377 e. The van der Waals surface area contributed by atoms with E-state index >= 15 is 0 Å². The molecule has 0 aromatic carbocycles. The maximum Gasteiger partial charge on any atom is 0.0673 e. The molecule has 2 rings (SSSR count). The molecule has 1 saturated carbocycles. The van der Waals surface area contributed by atoms with Crippen molar-refractivity contribution < 1.29 is 4.74 Å². The first-order valence-corrected chi connectivity index (χ1v) is 9.10. The molecule has 3 unspecified atom stereocenters. The zero-order valence-electron chi connectivity index (χ0n) is 14.7. The first kappa shape index (κ1) is 17.2. The minimum atomic E-state index is 0.395. The molecule has 1 heterocycles. The normalized spacial score (nSPS) is 34.6. The van der Waals surface area contributed by atoms with Crippen molar-refractivity contribution in [2.75, 3.05) is 32.8 Å². The Bertz CT molecular complexity index is 306. The zero-order chi connectivity index (χ0) is 15.3. The molecular formula is C18H36N2O.